The van der Waals surface area contributed by atoms with E-state index < -0.39 is 8.80 Å². The molecule has 1 fully saturated rings. The van der Waals surface area contributed by atoms with Crippen molar-refractivity contribution in [2.45, 2.75) is 90.9 Å². The average molecular weight is 377 g/mol. The van der Waals surface area contributed by atoms with Crippen LogP contribution in [0.5, 0.6) is 0 Å². The van der Waals surface area contributed by atoms with Gasteiger partial charge in [-0.25, -0.2) is 0 Å². The Morgan fingerprint density at radius 1 is 0.960 bits per heavy atom. The molecule has 0 aromatic heterocycles. The molecule has 1 rings (SSSR count). The van der Waals surface area contributed by atoms with E-state index in [0.29, 0.717) is 6.10 Å². The normalized spacial score (nSPS) is 18.5. The Labute approximate surface area is 156 Å². The van der Waals surface area contributed by atoms with Crippen molar-refractivity contribution in [3.05, 3.63) is 0 Å². The molecule has 0 saturated carbocycles. The van der Waals surface area contributed by atoms with Gasteiger partial charge in [-0.1, -0.05) is 34.1 Å². The van der Waals surface area contributed by atoms with Crippen LogP contribution >= 0.6 is 0 Å². The summed E-state index contributed by atoms with van der Waals surface area (Å²) in [6.45, 7) is 12.5. The van der Waals surface area contributed by atoms with Crippen molar-refractivity contribution < 1.29 is 22.8 Å². The summed E-state index contributed by atoms with van der Waals surface area (Å²) in [6, 6.07) is 0.926. The maximum Gasteiger partial charge on any atom is 0.501 e. The van der Waals surface area contributed by atoms with Crippen LogP contribution in [0.2, 0.25) is 6.04 Å². The third-order valence-corrected chi connectivity index (χ3v) is 7.16. The van der Waals surface area contributed by atoms with E-state index in [0.717, 1.165) is 84.0 Å². The molecule has 0 aromatic rings. The molecular formula is C19H40O5Si. The van der Waals surface area contributed by atoms with Crippen LogP contribution < -0.4 is 0 Å². The molecule has 0 spiro atoms. The standard InChI is InChI=1S/C19H40O5Si/c1-5-9-15-25(22-12-6-2,23-13-7-3)24-18(8-4)11-10-14-20-16-19-17-21-19/h18-19H,5-17H2,1-4H3. The van der Waals surface area contributed by atoms with E-state index in [9.17, 15) is 0 Å². The molecule has 25 heavy (non-hydrogen) atoms. The van der Waals surface area contributed by atoms with Crippen molar-refractivity contribution in [3.63, 3.8) is 0 Å². The maximum absolute atomic E-state index is 6.55. The molecule has 0 bridgehead atoms. The molecule has 5 nitrogen and oxygen atoms in total. The average Bonchev–Trinajstić information content (AvgIpc) is 3.45. The van der Waals surface area contributed by atoms with E-state index in [4.69, 9.17) is 22.8 Å². The lowest BCUT2D eigenvalue weighted by atomic mass is 10.1. The fourth-order valence-corrected chi connectivity index (χ4v) is 5.85. The number of ether oxygens (including phenoxy) is 2. The Kier molecular flexibility index (Phi) is 13.0. The van der Waals surface area contributed by atoms with E-state index in [-0.39, 0.29) is 6.10 Å². The Morgan fingerprint density at radius 3 is 2.16 bits per heavy atom. The summed E-state index contributed by atoms with van der Waals surface area (Å²) in [5, 5.41) is 0. The topological polar surface area (TPSA) is 49.5 Å². The second-order valence-corrected chi connectivity index (χ2v) is 9.48. The number of hydrogen-bond donors (Lipinski definition) is 0. The van der Waals surface area contributed by atoms with E-state index in [1.165, 1.54) is 0 Å². The fraction of sp³-hybridized carbons (Fsp3) is 1.00. The van der Waals surface area contributed by atoms with Crippen molar-refractivity contribution in [1.82, 2.24) is 0 Å². The van der Waals surface area contributed by atoms with Gasteiger partial charge >= 0.3 is 8.80 Å². The Bertz CT molecular complexity index is 290. The summed E-state index contributed by atoms with van der Waals surface area (Å²) in [5.41, 5.74) is 0. The third kappa shape index (κ3) is 10.7. The SMILES string of the molecule is CCCC[Si](OCCC)(OCCC)OC(CC)CCCOCC1CO1. The van der Waals surface area contributed by atoms with Crippen LogP contribution in [-0.2, 0) is 22.8 Å². The molecule has 2 unspecified atom stereocenters. The number of rotatable bonds is 18. The second-order valence-electron chi connectivity index (χ2n) is 6.80. The zero-order valence-corrected chi connectivity index (χ0v) is 17.9. The van der Waals surface area contributed by atoms with Crippen LogP contribution in [0.1, 0.15) is 72.6 Å². The largest absolute Gasteiger partial charge is 0.501 e. The van der Waals surface area contributed by atoms with E-state index in [1.54, 1.807) is 0 Å². The monoisotopic (exact) mass is 376 g/mol. The summed E-state index contributed by atoms with van der Waals surface area (Å²) in [5.74, 6) is 0. The number of hydrogen-bond acceptors (Lipinski definition) is 5. The van der Waals surface area contributed by atoms with Gasteiger partial charge in [0.05, 0.1) is 13.2 Å². The summed E-state index contributed by atoms with van der Waals surface area (Å²) in [4.78, 5) is 0. The highest BCUT2D eigenvalue weighted by molar-refractivity contribution is 6.60. The van der Waals surface area contributed by atoms with Crippen molar-refractivity contribution in [2.75, 3.05) is 33.0 Å². The molecule has 1 heterocycles. The lowest BCUT2D eigenvalue weighted by molar-refractivity contribution is 0.0172. The summed E-state index contributed by atoms with van der Waals surface area (Å²) in [7, 11) is -2.58. The van der Waals surface area contributed by atoms with E-state index in [2.05, 4.69) is 27.7 Å². The van der Waals surface area contributed by atoms with Gasteiger partial charge in [0.2, 0.25) is 0 Å². The molecule has 1 aliphatic rings. The molecule has 0 N–H and O–H groups in total. The molecule has 1 saturated heterocycles. The zero-order valence-electron chi connectivity index (χ0n) is 16.9. The third-order valence-electron chi connectivity index (χ3n) is 4.21. The van der Waals surface area contributed by atoms with Crippen molar-refractivity contribution in [2.24, 2.45) is 0 Å². The van der Waals surface area contributed by atoms with Crippen LogP contribution in [0.3, 0.4) is 0 Å². The quantitative estimate of drug-likeness (QED) is 0.199. The minimum atomic E-state index is -2.58. The second kappa shape index (κ2) is 14.1. The summed E-state index contributed by atoms with van der Waals surface area (Å²) >= 11 is 0. The van der Waals surface area contributed by atoms with Gasteiger partial charge in [0.15, 0.2) is 0 Å². The minimum absolute atomic E-state index is 0.193. The number of unbranched alkanes of at least 4 members (excludes halogenated alkanes) is 1. The lowest BCUT2D eigenvalue weighted by Crippen LogP contribution is -2.48. The van der Waals surface area contributed by atoms with Crippen molar-refractivity contribution in [1.29, 1.82) is 0 Å². The highest BCUT2D eigenvalue weighted by Gasteiger charge is 2.42. The van der Waals surface area contributed by atoms with Gasteiger partial charge in [-0.3, -0.25) is 0 Å². The Morgan fingerprint density at radius 2 is 1.64 bits per heavy atom. The van der Waals surface area contributed by atoms with Gasteiger partial charge in [-0.2, -0.15) is 0 Å². The first kappa shape index (κ1) is 23.1. The Balaban J connectivity index is 2.48. The molecular weight excluding hydrogens is 336 g/mol. The Hall–Kier alpha value is 0.0169. The molecule has 6 heteroatoms. The van der Waals surface area contributed by atoms with Gasteiger partial charge < -0.3 is 22.8 Å². The smallest absolute Gasteiger partial charge is 0.379 e. The highest BCUT2D eigenvalue weighted by atomic mass is 28.4. The van der Waals surface area contributed by atoms with Crippen LogP contribution in [0.15, 0.2) is 0 Å². The first-order chi connectivity index (χ1) is 12.2. The maximum atomic E-state index is 6.55. The van der Waals surface area contributed by atoms with Crippen molar-refractivity contribution >= 4 is 8.80 Å². The van der Waals surface area contributed by atoms with Crippen LogP contribution in [-0.4, -0.2) is 54.0 Å². The summed E-state index contributed by atoms with van der Waals surface area (Å²) < 4.78 is 29.8. The molecule has 0 radical (unpaired) electrons. The van der Waals surface area contributed by atoms with E-state index >= 15 is 0 Å². The molecule has 0 aromatic carbocycles. The van der Waals surface area contributed by atoms with Crippen LogP contribution in [0.4, 0.5) is 0 Å². The predicted octanol–water partition coefficient (Wildman–Crippen LogP) is 4.57. The molecule has 0 amide bonds. The lowest BCUT2D eigenvalue weighted by Gasteiger charge is -2.33. The summed E-state index contributed by atoms with van der Waals surface area (Å²) in [6.07, 6.45) is 7.74. The van der Waals surface area contributed by atoms with Gasteiger partial charge in [0.1, 0.15) is 6.10 Å². The number of epoxide rings is 1. The molecule has 0 aliphatic carbocycles. The first-order valence-electron chi connectivity index (χ1n) is 10.3. The van der Waals surface area contributed by atoms with Crippen molar-refractivity contribution in [3.8, 4) is 0 Å². The van der Waals surface area contributed by atoms with Gasteiger partial charge in [-0.15, -0.1) is 0 Å². The zero-order chi connectivity index (χ0) is 18.4. The molecule has 2 atom stereocenters. The van der Waals surface area contributed by atoms with Gasteiger partial charge in [0.25, 0.3) is 0 Å². The molecule has 1 aliphatic heterocycles. The first-order valence-corrected chi connectivity index (χ1v) is 12.3. The fourth-order valence-electron chi connectivity index (χ4n) is 2.61. The van der Waals surface area contributed by atoms with Gasteiger partial charge in [0, 0.05) is 32.0 Å². The molecule has 150 valence electrons. The van der Waals surface area contributed by atoms with Gasteiger partial charge in [-0.05, 0) is 38.5 Å². The highest BCUT2D eigenvalue weighted by Crippen LogP contribution is 2.24. The minimum Gasteiger partial charge on any atom is -0.379 e. The predicted molar refractivity (Wildman–Crippen MR) is 103 cm³/mol. The van der Waals surface area contributed by atoms with Crippen LogP contribution in [0, 0.1) is 0 Å². The van der Waals surface area contributed by atoms with Crippen LogP contribution in [0.25, 0.3) is 0 Å². The van der Waals surface area contributed by atoms with E-state index in [1.807, 2.05) is 0 Å².